The quantitative estimate of drug-likeness (QED) is 0.815. The zero-order chi connectivity index (χ0) is 12.3. The lowest BCUT2D eigenvalue weighted by Gasteiger charge is -2.46. The first kappa shape index (κ1) is 13.4. The van der Waals surface area contributed by atoms with Crippen molar-refractivity contribution >= 4 is 0 Å². The van der Waals surface area contributed by atoms with E-state index in [-0.39, 0.29) is 11.6 Å². The average molecular weight is 239 g/mol. The van der Waals surface area contributed by atoms with Gasteiger partial charge in [-0.3, -0.25) is 0 Å². The monoisotopic (exact) mass is 239 g/mol. The van der Waals surface area contributed by atoms with Crippen LogP contribution in [0.2, 0.25) is 0 Å². The van der Waals surface area contributed by atoms with E-state index >= 15 is 0 Å². The molecule has 2 rings (SSSR count). The molecule has 2 saturated carbocycles. The van der Waals surface area contributed by atoms with Crippen LogP contribution < -0.4 is 5.73 Å². The first-order valence-electron chi connectivity index (χ1n) is 7.57. The third kappa shape index (κ3) is 2.85. The van der Waals surface area contributed by atoms with E-state index in [4.69, 9.17) is 10.5 Å². The predicted octanol–water partition coefficient (Wildman–Crippen LogP) is 3.49. The van der Waals surface area contributed by atoms with Gasteiger partial charge in [0.2, 0.25) is 0 Å². The Hall–Kier alpha value is -0.0800. The number of hydrogen-bond acceptors (Lipinski definition) is 2. The highest BCUT2D eigenvalue weighted by Crippen LogP contribution is 2.42. The lowest BCUT2D eigenvalue weighted by molar-refractivity contribution is -0.103. The van der Waals surface area contributed by atoms with Crippen molar-refractivity contribution in [2.45, 2.75) is 76.9 Å². The highest BCUT2D eigenvalue weighted by molar-refractivity contribution is 4.99. The molecule has 0 saturated heterocycles. The van der Waals surface area contributed by atoms with Crippen molar-refractivity contribution in [3.63, 3.8) is 0 Å². The van der Waals surface area contributed by atoms with Crippen LogP contribution in [0.4, 0.5) is 0 Å². The molecule has 2 heteroatoms. The molecule has 2 fully saturated rings. The highest BCUT2D eigenvalue weighted by Gasteiger charge is 2.44. The minimum atomic E-state index is 0.00141. The summed E-state index contributed by atoms with van der Waals surface area (Å²) in [5, 5.41) is 0. The SMILES string of the molecule is CCOC1(C(N)C2CCCC2)CCCC(C)C1. The van der Waals surface area contributed by atoms with E-state index in [0.29, 0.717) is 5.92 Å². The molecule has 0 spiro atoms. The first-order chi connectivity index (χ1) is 8.18. The fourth-order valence-electron chi connectivity index (χ4n) is 4.11. The molecule has 2 aliphatic carbocycles. The van der Waals surface area contributed by atoms with Gasteiger partial charge in [0.15, 0.2) is 0 Å². The molecule has 2 N–H and O–H groups in total. The summed E-state index contributed by atoms with van der Waals surface area (Å²) >= 11 is 0. The minimum absolute atomic E-state index is 0.00141. The van der Waals surface area contributed by atoms with Crippen molar-refractivity contribution in [3.8, 4) is 0 Å². The topological polar surface area (TPSA) is 35.2 Å². The molecule has 0 aromatic rings. The zero-order valence-electron chi connectivity index (χ0n) is 11.6. The van der Waals surface area contributed by atoms with Gasteiger partial charge in [-0.1, -0.05) is 32.6 Å². The molecule has 17 heavy (non-hydrogen) atoms. The van der Waals surface area contributed by atoms with Crippen LogP contribution in [0.15, 0.2) is 0 Å². The van der Waals surface area contributed by atoms with Crippen molar-refractivity contribution in [1.29, 1.82) is 0 Å². The van der Waals surface area contributed by atoms with Crippen molar-refractivity contribution in [2.24, 2.45) is 17.6 Å². The maximum absolute atomic E-state index is 6.61. The Labute approximate surface area is 106 Å². The van der Waals surface area contributed by atoms with Gasteiger partial charge in [-0.15, -0.1) is 0 Å². The van der Waals surface area contributed by atoms with Crippen LogP contribution in [0, 0.1) is 11.8 Å². The lowest BCUT2D eigenvalue weighted by Crippen LogP contribution is -2.55. The maximum atomic E-state index is 6.61. The summed E-state index contributed by atoms with van der Waals surface area (Å²) in [5.41, 5.74) is 6.61. The van der Waals surface area contributed by atoms with E-state index in [1.54, 1.807) is 0 Å². The molecule has 3 unspecified atom stereocenters. The molecule has 0 amide bonds. The Bertz CT molecular complexity index is 233. The summed E-state index contributed by atoms with van der Waals surface area (Å²) in [6.07, 6.45) is 10.4. The van der Waals surface area contributed by atoms with Gasteiger partial charge in [0.05, 0.1) is 5.60 Å². The molecule has 0 aromatic heterocycles. The molecule has 0 heterocycles. The zero-order valence-corrected chi connectivity index (χ0v) is 11.6. The van der Waals surface area contributed by atoms with Gasteiger partial charge in [0.1, 0.15) is 0 Å². The average Bonchev–Trinajstić information content (AvgIpc) is 2.81. The Kier molecular flexibility index (Phi) is 4.48. The van der Waals surface area contributed by atoms with Gasteiger partial charge < -0.3 is 10.5 Å². The second-order valence-corrected chi connectivity index (χ2v) is 6.27. The molecule has 0 radical (unpaired) electrons. The Morgan fingerprint density at radius 3 is 2.53 bits per heavy atom. The van der Waals surface area contributed by atoms with Crippen molar-refractivity contribution in [2.75, 3.05) is 6.61 Å². The van der Waals surface area contributed by atoms with E-state index in [9.17, 15) is 0 Å². The molecule has 3 atom stereocenters. The minimum Gasteiger partial charge on any atom is -0.374 e. The standard InChI is InChI=1S/C15H29NO/c1-3-17-15(10-6-7-12(2)11-15)14(16)13-8-4-5-9-13/h12-14H,3-11,16H2,1-2H3. The number of nitrogens with two attached hydrogens (primary N) is 1. The normalized spacial score (nSPS) is 37.2. The van der Waals surface area contributed by atoms with E-state index in [1.807, 2.05) is 0 Å². The lowest BCUT2D eigenvalue weighted by atomic mass is 9.71. The summed E-state index contributed by atoms with van der Waals surface area (Å²) in [6.45, 7) is 5.28. The Morgan fingerprint density at radius 1 is 1.24 bits per heavy atom. The van der Waals surface area contributed by atoms with E-state index < -0.39 is 0 Å². The van der Waals surface area contributed by atoms with E-state index in [0.717, 1.165) is 12.5 Å². The van der Waals surface area contributed by atoms with Crippen molar-refractivity contribution in [3.05, 3.63) is 0 Å². The van der Waals surface area contributed by atoms with Gasteiger partial charge in [-0.2, -0.15) is 0 Å². The summed E-state index contributed by atoms with van der Waals surface area (Å²) in [4.78, 5) is 0. The summed E-state index contributed by atoms with van der Waals surface area (Å²) in [7, 11) is 0. The van der Waals surface area contributed by atoms with E-state index in [2.05, 4.69) is 13.8 Å². The van der Waals surface area contributed by atoms with Crippen LogP contribution in [0.3, 0.4) is 0 Å². The third-order valence-corrected chi connectivity index (χ3v) is 4.94. The van der Waals surface area contributed by atoms with Crippen LogP contribution in [0.5, 0.6) is 0 Å². The first-order valence-corrected chi connectivity index (χ1v) is 7.57. The van der Waals surface area contributed by atoms with Gasteiger partial charge >= 0.3 is 0 Å². The maximum Gasteiger partial charge on any atom is 0.0837 e. The second-order valence-electron chi connectivity index (χ2n) is 6.27. The highest BCUT2D eigenvalue weighted by atomic mass is 16.5. The van der Waals surface area contributed by atoms with Crippen LogP contribution in [-0.4, -0.2) is 18.2 Å². The predicted molar refractivity (Wildman–Crippen MR) is 71.9 cm³/mol. The summed E-state index contributed by atoms with van der Waals surface area (Å²) < 4.78 is 6.19. The van der Waals surface area contributed by atoms with Gasteiger partial charge in [-0.05, 0) is 44.4 Å². The van der Waals surface area contributed by atoms with E-state index in [1.165, 1.54) is 51.4 Å². The van der Waals surface area contributed by atoms with Crippen molar-refractivity contribution < 1.29 is 4.74 Å². The van der Waals surface area contributed by atoms with Crippen LogP contribution in [0.1, 0.15) is 65.2 Å². The molecule has 2 aliphatic rings. The van der Waals surface area contributed by atoms with Gasteiger partial charge in [0, 0.05) is 12.6 Å². The smallest absolute Gasteiger partial charge is 0.0837 e. The largest absolute Gasteiger partial charge is 0.374 e. The number of rotatable bonds is 4. The molecule has 0 aliphatic heterocycles. The molecule has 0 aromatic carbocycles. The Balaban J connectivity index is 2.08. The Morgan fingerprint density at radius 2 is 1.94 bits per heavy atom. The van der Waals surface area contributed by atoms with Crippen molar-refractivity contribution in [1.82, 2.24) is 0 Å². The van der Waals surface area contributed by atoms with Crippen LogP contribution >= 0.6 is 0 Å². The fourth-order valence-corrected chi connectivity index (χ4v) is 4.11. The molecular formula is C15H29NO. The fraction of sp³-hybridized carbons (Fsp3) is 1.00. The number of hydrogen-bond donors (Lipinski definition) is 1. The summed E-state index contributed by atoms with van der Waals surface area (Å²) in [5.74, 6) is 1.50. The second kappa shape index (κ2) is 5.71. The van der Waals surface area contributed by atoms with Gasteiger partial charge in [0.25, 0.3) is 0 Å². The molecule has 2 nitrogen and oxygen atoms in total. The molecule has 0 bridgehead atoms. The third-order valence-electron chi connectivity index (χ3n) is 4.94. The summed E-state index contributed by atoms with van der Waals surface area (Å²) in [6, 6.07) is 0.271. The number of ether oxygens (including phenoxy) is 1. The molecule has 100 valence electrons. The molecular weight excluding hydrogens is 210 g/mol. The van der Waals surface area contributed by atoms with Crippen LogP contribution in [0.25, 0.3) is 0 Å². The van der Waals surface area contributed by atoms with Crippen LogP contribution in [-0.2, 0) is 4.74 Å². The van der Waals surface area contributed by atoms with Gasteiger partial charge in [-0.25, -0.2) is 0 Å².